The number of rotatable bonds is 3. The third-order valence-electron chi connectivity index (χ3n) is 1.74. The van der Waals surface area contributed by atoms with Gasteiger partial charge in [0.1, 0.15) is 0 Å². The van der Waals surface area contributed by atoms with Crippen LogP contribution in [0.5, 0.6) is 0 Å². The molecule has 1 aromatic rings. The average molecular weight is 240 g/mol. The van der Waals surface area contributed by atoms with Gasteiger partial charge in [0, 0.05) is 5.02 Å². The van der Waals surface area contributed by atoms with E-state index in [-0.39, 0.29) is 0 Å². The molecule has 4 heteroatoms. The van der Waals surface area contributed by atoms with Crippen LogP contribution >= 0.6 is 11.6 Å². The summed E-state index contributed by atoms with van der Waals surface area (Å²) in [7, 11) is -1.71. The van der Waals surface area contributed by atoms with E-state index < -0.39 is 14.4 Å². The highest BCUT2D eigenvalue weighted by Crippen LogP contribution is 2.23. The van der Waals surface area contributed by atoms with Gasteiger partial charge in [-0.3, -0.25) is 0 Å². The Bertz CT molecular complexity index is 381. The minimum Gasteiger partial charge on any atom is -0.399 e. The Morgan fingerprint density at radius 1 is 1.40 bits per heavy atom. The van der Waals surface area contributed by atoms with Gasteiger partial charge in [-0.05, 0) is 37.3 Å². The van der Waals surface area contributed by atoms with Gasteiger partial charge in [-0.2, -0.15) is 5.26 Å². The van der Waals surface area contributed by atoms with Gasteiger partial charge in [-0.25, -0.2) is 0 Å². The van der Waals surface area contributed by atoms with Gasteiger partial charge in [-0.1, -0.05) is 23.7 Å². The maximum absolute atomic E-state index is 9.04. The normalized spacial score (nSPS) is 13.3. The smallest absolute Gasteiger partial charge is 0.186 e. The number of halogens is 1. The molecular formula is C11H14ClNOSi. The van der Waals surface area contributed by atoms with E-state index in [0.717, 1.165) is 5.56 Å². The summed E-state index contributed by atoms with van der Waals surface area (Å²) in [6.45, 7) is 6.17. The molecule has 0 unspecified atom stereocenters. The van der Waals surface area contributed by atoms with E-state index in [1.165, 1.54) is 0 Å². The Kier molecular flexibility index (Phi) is 3.92. The summed E-state index contributed by atoms with van der Waals surface area (Å²) in [6, 6.07) is 9.41. The van der Waals surface area contributed by atoms with Crippen molar-refractivity contribution in [3.8, 4) is 6.07 Å². The largest absolute Gasteiger partial charge is 0.399 e. The number of hydrogen-bond donors (Lipinski definition) is 0. The summed E-state index contributed by atoms with van der Waals surface area (Å²) in [5.74, 6) is 0. The summed E-state index contributed by atoms with van der Waals surface area (Å²) in [5.41, 5.74) is 0.826. The molecular weight excluding hydrogens is 226 g/mol. The Labute approximate surface area is 96.6 Å². The number of benzene rings is 1. The zero-order valence-electron chi connectivity index (χ0n) is 9.12. The molecule has 0 aliphatic carbocycles. The lowest BCUT2D eigenvalue weighted by Gasteiger charge is -2.21. The molecule has 2 nitrogen and oxygen atoms in total. The second-order valence-electron chi connectivity index (χ2n) is 4.29. The predicted molar refractivity (Wildman–Crippen MR) is 64.2 cm³/mol. The Morgan fingerprint density at radius 2 is 2.07 bits per heavy atom. The second-order valence-corrected chi connectivity index (χ2v) is 9.19. The first-order chi connectivity index (χ1) is 6.92. The predicted octanol–water partition coefficient (Wildman–Crippen LogP) is 3.76. The first kappa shape index (κ1) is 12.2. The topological polar surface area (TPSA) is 33.0 Å². The third-order valence-corrected chi connectivity index (χ3v) is 2.92. The maximum atomic E-state index is 9.04. The summed E-state index contributed by atoms with van der Waals surface area (Å²) in [5, 5.41) is 9.67. The van der Waals surface area contributed by atoms with Crippen LogP contribution in [0.2, 0.25) is 24.7 Å². The molecule has 0 saturated carbocycles. The van der Waals surface area contributed by atoms with E-state index in [1.54, 1.807) is 12.1 Å². The van der Waals surface area contributed by atoms with Crippen molar-refractivity contribution in [2.75, 3.05) is 0 Å². The number of hydrogen-bond acceptors (Lipinski definition) is 2. The Morgan fingerprint density at radius 3 is 2.53 bits per heavy atom. The molecule has 1 rings (SSSR count). The van der Waals surface area contributed by atoms with E-state index in [9.17, 15) is 0 Å². The molecule has 0 amide bonds. The second kappa shape index (κ2) is 4.80. The van der Waals surface area contributed by atoms with Gasteiger partial charge < -0.3 is 4.43 Å². The molecule has 1 atom stereocenters. The average Bonchev–Trinajstić information content (AvgIpc) is 2.13. The van der Waals surface area contributed by atoms with Crippen LogP contribution < -0.4 is 0 Å². The van der Waals surface area contributed by atoms with Crippen LogP contribution in [0, 0.1) is 11.3 Å². The minimum absolute atomic E-state index is 0.504. The minimum atomic E-state index is -1.71. The van der Waals surface area contributed by atoms with Gasteiger partial charge in [0.15, 0.2) is 14.4 Å². The van der Waals surface area contributed by atoms with E-state index in [2.05, 4.69) is 25.7 Å². The lowest BCUT2D eigenvalue weighted by atomic mass is 10.1. The van der Waals surface area contributed by atoms with Crippen LogP contribution in [-0.4, -0.2) is 8.32 Å². The molecule has 0 fully saturated rings. The molecule has 0 N–H and O–H groups in total. The Balaban J connectivity index is 2.90. The highest BCUT2D eigenvalue weighted by molar-refractivity contribution is 6.69. The van der Waals surface area contributed by atoms with Crippen molar-refractivity contribution in [1.82, 2.24) is 0 Å². The van der Waals surface area contributed by atoms with Gasteiger partial charge in [0.25, 0.3) is 0 Å². The molecule has 1 aromatic carbocycles. The first-order valence-corrected chi connectivity index (χ1v) is 8.54. The van der Waals surface area contributed by atoms with Gasteiger partial charge in [0.2, 0.25) is 0 Å². The zero-order valence-corrected chi connectivity index (χ0v) is 10.9. The molecule has 0 spiro atoms. The molecule has 0 aliphatic rings. The van der Waals surface area contributed by atoms with E-state index in [1.807, 2.05) is 12.1 Å². The summed E-state index contributed by atoms with van der Waals surface area (Å²) in [6.07, 6.45) is -0.504. The molecule has 0 aromatic heterocycles. The fraction of sp³-hybridized carbons (Fsp3) is 0.364. The van der Waals surface area contributed by atoms with Crippen molar-refractivity contribution in [1.29, 1.82) is 5.26 Å². The van der Waals surface area contributed by atoms with Crippen LogP contribution in [0.25, 0.3) is 0 Å². The lowest BCUT2D eigenvalue weighted by molar-refractivity contribution is 0.255. The summed E-state index contributed by atoms with van der Waals surface area (Å²) < 4.78 is 5.75. The molecule has 0 radical (unpaired) electrons. The van der Waals surface area contributed by atoms with Gasteiger partial charge >= 0.3 is 0 Å². The molecule has 0 saturated heterocycles. The molecule has 0 bridgehead atoms. The van der Waals surface area contributed by atoms with E-state index in [4.69, 9.17) is 21.3 Å². The van der Waals surface area contributed by atoms with Crippen molar-refractivity contribution >= 4 is 19.9 Å². The number of nitrogens with zero attached hydrogens (tertiary/aromatic N) is 1. The van der Waals surface area contributed by atoms with Gasteiger partial charge in [-0.15, -0.1) is 0 Å². The maximum Gasteiger partial charge on any atom is 0.186 e. The fourth-order valence-electron chi connectivity index (χ4n) is 1.19. The summed E-state index contributed by atoms with van der Waals surface area (Å²) >= 11 is 5.86. The third kappa shape index (κ3) is 4.04. The van der Waals surface area contributed by atoms with Crippen LogP contribution in [0.4, 0.5) is 0 Å². The standard InChI is InChI=1S/C11H14ClNOSi/c1-15(2,3)14-11(8-13)9-5-4-6-10(12)7-9/h4-7,11H,1-3H3/t11-/m0/s1. The van der Waals surface area contributed by atoms with Crippen LogP contribution in [0.1, 0.15) is 11.7 Å². The fourth-order valence-corrected chi connectivity index (χ4v) is 2.29. The zero-order chi connectivity index (χ0) is 11.5. The summed E-state index contributed by atoms with van der Waals surface area (Å²) in [4.78, 5) is 0. The monoisotopic (exact) mass is 239 g/mol. The quantitative estimate of drug-likeness (QED) is 0.753. The number of nitriles is 1. The highest BCUT2D eigenvalue weighted by atomic mass is 35.5. The molecule has 15 heavy (non-hydrogen) atoms. The van der Waals surface area contributed by atoms with Crippen molar-refractivity contribution in [2.45, 2.75) is 25.7 Å². The molecule has 0 aliphatic heterocycles. The van der Waals surface area contributed by atoms with E-state index >= 15 is 0 Å². The van der Waals surface area contributed by atoms with Crippen molar-refractivity contribution in [3.05, 3.63) is 34.9 Å². The van der Waals surface area contributed by atoms with Crippen LogP contribution in [0.3, 0.4) is 0 Å². The van der Waals surface area contributed by atoms with Gasteiger partial charge in [0.05, 0.1) is 6.07 Å². The van der Waals surface area contributed by atoms with Crippen molar-refractivity contribution in [3.63, 3.8) is 0 Å². The van der Waals surface area contributed by atoms with Crippen molar-refractivity contribution in [2.24, 2.45) is 0 Å². The SMILES string of the molecule is C[Si](C)(C)O[C@@H](C#N)c1cccc(Cl)c1. The first-order valence-electron chi connectivity index (χ1n) is 4.75. The molecule has 80 valence electrons. The Hall–Kier alpha value is -0.823. The lowest BCUT2D eigenvalue weighted by Crippen LogP contribution is -2.27. The molecule has 0 heterocycles. The van der Waals surface area contributed by atoms with Crippen molar-refractivity contribution < 1.29 is 4.43 Å². The van der Waals surface area contributed by atoms with E-state index in [0.29, 0.717) is 5.02 Å². The highest BCUT2D eigenvalue weighted by Gasteiger charge is 2.22. The van der Waals surface area contributed by atoms with Crippen LogP contribution in [0.15, 0.2) is 24.3 Å². The van der Waals surface area contributed by atoms with Crippen LogP contribution in [-0.2, 0) is 4.43 Å².